The van der Waals surface area contributed by atoms with Crippen LogP contribution in [-0.2, 0) is 0 Å². The summed E-state index contributed by atoms with van der Waals surface area (Å²) >= 11 is 6.04. The highest BCUT2D eigenvalue weighted by Crippen LogP contribution is 2.34. The molecule has 2 N–H and O–H groups in total. The average Bonchev–Trinajstić information content (AvgIpc) is 2.81. The van der Waals surface area contributed by atoms with E-state index in [1.165, 1.54) is 12.5 Å². The Kier molecular flexibility index (Phi) is 6.23. The van der Waals surface area contributed by atoms with Gasteiger partial charge in [-0.15, -0.1) is 0 Å². The van der Waals surface area contributed by atoms with E-state index >= 15 is 0 Å². The highest BCUT2D eigenvalue weighted by Gasteiger charge is 2.24. The molecule has 11 heteroatoms. The van der Waals surface area contributed by atoms with Crippen molar-refractivity contribution in [3.05, 3.63) is 94.5 Å². The van der Waals surface area contributed by atoms with Crippen molar-refractivity contribution in [3.8, 4) is 0 Å². The van der Waals surface area contributed by atoms with Gasteiger partial charge in [0, 0.05) is 11.9 Å². The van der Waals surface area contributed by atoms with Gasteiger partial charge in [-0.05, 0) is 48.5 Å². The van der Waals surface area contributed by atoms with Gasteiger partial charge in [0.1, 0.15) is 6.33 Å². The molecule has 0 aliphatic heterocycles. The Morgan fingerprint density at radius 2 is 1.47 bits per heavy atom. The molecule has 0 spiro atoms. The topological polar surface area (TPSA) is 131 Å². The van der Waals surface area contributed by atoms with Gasteiger partial charge in [-0.2, -0.15) is 10.2 Å². The van der Waals surface area contributed by atoms with Gasteiger partial charge in [-0.3, -0.25) is 10.1 Å². The fourth-order valence-electron chi connectivity index (χ4n) is 2.70. The molecule has 0 saturated carbocycles. The minimum absolute atomic E-state index is 0.0179. The maximum atomic E-state index is 11.8. The van der Waals surface area contributed by atoms with Crippen molar-refractivity contribution in [3.63, 3.8) is 0 Å². The Labute approximate surface area is 187 Å². The zero-order valence-corrected chi connectivity index (χ0v) is 17.1. The van der Waals surface area contributed by atoms with Crippen LogP contribution >= 0.6 is 11.6 Å². The Balaban J connectivity index is 1.55. The molecule has 10 nitrogen and oxygen atoms in total. The third-order valence-corrected chi connectivity index (χ3v) is 4.49. The molecule has 0 saturated heterocycles. The Hall–Kier alpha value is -4.44. The number of hydrogen-bond acceptors (Lipinski definition) is 9. The number of pyridine rings is 1. The monoisotopic (exact) mass is 446 g/mol. The summed E-state index contributed by atoms with van der Waals surface area (Å²) in [6, 6.07) is 19.5. The Morgan fingerprint density at radius 3 is 2.12 bits per heavy atom. The quantitative estimate of drug-likeness (QED) is 0.146. The van der Waals surface area contributed by atoms with Gasteiger partial charge in [0.2, 0.25) is 11.6 Å². The summed E-state index contributed by atoms with van der Waals surface area (Å²) < 4.78 is 0. The highest BCUT2D eigenvalue weighted by molar-refractivity contribution is 6.32. The number of nitro groups is 1. The second-order valence-electron chi connectivity index (χ2n) is 6.35. The molecule has 158 valence electrons. The molecule has 2 aromatic carbocycles. The molecule has 0 fully saturated rings. The van der Waals surface area contributed by atoms with E-state index in [0.717, 1.165) is 5.69 Å². The summed E-state index contributed by atoms with van der Waals surface area (Å²) in [5.74, 6) is 0.00172. The predicted octanol–water partition coefficient (Wildman–Crippen LogP) is 6.34. The van der Waals surface area contributed by atoms with Crippen molar-refractivity contribution < 1.29 is 4.92 Å². The average molecular weight is 447 g/mol. The number of rotatable bonds is 7. The first-order valence-electron chi connectivity index (χ1n) is 9.31. The van der Waals surface area contributed by atoms with Crippen LogP contribution in [0.2, 0.25) is 5.15 Å². The minimum Gasteiger partial charge on any atom is -0.334 e. The second-order valence-corrected chi connectivity index (χ2v) is 6.71. The van der Waals surface area contributed by atoms with Crippen molar-refractivity contribution >= 4 is 51.7 Å². The summed E-state index contributed by atoms with van der Waals surface area (Å²) in [5, 5.41) is 26.0. The van der Waals surface area contributed by atoms with E-state index in [1.54, 1.807) is 36.4 Å². The third kappa shape index (κ3) is 4.99. The molecule has 2 heterocycles. The van der Waals surface area contributed by atoms with Crippen LogP contribution in [0.25, 0.3) is 0 Å². The van der Waals surface area contributed by atoms with E-state index in [9.17, 15) is 10.1 Å². The van der Waals surface area contributed by atoms with Crippen LogP contribution in [0, 0.1) is 10.1 Å². The summed E-state index contributed by atoms with van der Waals surface area (Å²) in [5.41, 5.74) is 2.00. The normalized spacial score (nSPS) is 10.8. The van der Waals surface area contributed by atoms with E-state index in [-0.39, 0.29) is 22.5 Å². The first kappa shape index (κ1) is 20.8. The largest absolute Gasteiger partial charge is 0.353 e. The molecule has 2 aromatic heterocycles. The van der Waals surface area contributed by atoms with E-state index < -0.39 is 4.92 Å². The maximum absolute atomic E-state index is 11.8. The fourth-order valence-corrected chi connectivity index (χ4v) is 2.87. The van der Waals surface area contributed by atoms with Crippen LogP contribution in [0.4, 0.5) is 40.1 Å². The van der Waals surface area contributed by atoms with Crippen molar-refractivity contribution in [2.24, 2.45) is 10.2 Å². The van der Waals surface area contributed by atoms with Gasteiger partial charge < -0.3 is 10.6 Å². The first-order chi connectivity index (χ1) is 15.6. The maximum Gasteiger partial charge on any atom is 0.353 e. The molecular formula is C21H15ClN8O2. The van der Waals surface area contributed by atoms with Crippen molar-refractivity contribution in [2.45, 2.75) is 0 Å². The van der Waals surface area contributed by atoms with Gasteiger partial charge in [-0.25, -0.2) is 15.0 Å². The van der Waals surface area contributed by atoms with Gasteiger partial charge in [-0.1, -0.05) is 29.8 Å². The molecule has 0 aliphatic carbocycles. The highest BCUT2D eigenvalue weighted by atomic mass is 35.5. The SMILES string of the molecule is O=[N+]([O-])c1c(Nc2ccc(N=Nc3ccccc3)cc2)ncnc1Nc1cccnc1Cl. The molecule has 32 heavy (non-hydrogen) atoms. The van der Waals surface area contributed by atoms with Crippen LogP contribution in [0.1, 0.15) is 0 Å². The van der Waals surface area contributed by atoms with Crippen LogP contribution in [0.15, 0.2) is 89.5 Å². The van der Waals surface area contributed by atoms with Gasteiger partial charge in [0.05, 0.1) is 22.0 Å². The number of anilines is 4. The number of aromatic nitrogens is 3. The van der Waals surface area contributed by atoms with Crippen molar-refractivity contribution in [1.29, 1.82) is 0 Å². The summed E-state index contributed by atoms with van der Waals surface area (Å²) in [4.78, 5) is 23.1. The summed E-state index contributed by atoms with van der Waals surface area (Å²) in [7, 11) is 0. The molecule has 4 aromatic rings. The minimum atomic E-state index is -0.572. The van der Waals surface area contributed by atoms with E-state index in [0.29, 0.717) is 17.1 Å². The second kappa shape index (κ2) is 9.58. The number of nitrogens with one attached hydrogen (secondary N) is 2. The zero-order valence-electron chi connectivity index (χ0n) is 16.4. The van der Waals surface area contributed by atoms with Crippen LogP contribution in [0.5, 0.6) is 0 Å². The zero-order chi connectivity index (χ0) is 22.3. The third-order valence-electron chi connectivity index (χ3n) is 4.18. The number of halogens is 1. The number of hydrogen-bond donors (Lipinski definition) is 2. The van der Waals surface area contributed by atoms with E-state index in [4.69, 9.17) is 11.6 Å². The molecular weight excluding hydrogens is 432 g/mol. The lowest BCUT2D eigenvalue weighted by molar-refractivity contribution is -0.383. The molecule has 4 rings (SSSR count). The molecule has 0 bridgehead atoms. The molecule has 0 radical (unpaired) electrons. The van der Waals surface area contributed by atoms with Gasteiger partial charge in [0.25, 0.3) is 0 Å². The fraction of sp³-hybridized carbons (Fsp3) is 0. The van der Waals surface area contributed by atoms with Crippen LogP contribution in [-0.4, -0.2) is 19.9 Å². The Bertz CT molecular complexity index is 1270. The van der Waals surface area contributed by atoms with E-state index in [1.807, 2.05) is 30.3 Å². The summed E-state index contributed by atoms with van der Waals surface area (Å²) in [6.07, 6.45) is 2.72. The van der Waals surface area contributed by atoms with Crippen molar-refractivity contribution in [1.82, 2.24) is 15.0 Å². The van der Waals surface area contributed by atoms with Crippen molar-refractivity contribution in [2.75, 3.05) is 10.6 Å². The Morgan fingerprint density at radius 1 is 0.812 bits per heavy atom. The lowest BCUT2D eigenvalue weighted by Gasteiger charge is -2.10. The predicted molar refractivity (Wildman–Crippen MR) is 122 cm³/mol. The first-order valence-corrected chi connectivity index (χ1v) is 9.69. The molecule has 0 unspecified atom stereocenters. The summed E-state index contributed by atoms with van der Waals surface area (Å²) in [6.45, 7) is 0. The van der Waals surface area contributed by atoms with Gasteiger partial charge >= 0.3 is 5.69 Å². The smallest absolute Gasteiger partial charge is 0.334 e. The lowest BCUT2D eigenvalue weighted by atomic mass is 10.3. The van der Waals surface area contributed by atoms with E-state index in [2.05, 4.69) is 35.8 Å². The van der Waals surface area contributed by atoms with Crippen LogP contribution < -0.4 is 10.6 Å². The van der Waals surface area contributed by atoms with Gasteiger partial charge in [0.15, 0.2) is 5.15 Å². The molecule has 0 amide bonds. The standard InChI is InChI=1S/C21H15ClN8O2/c22-19-17(7-4-12-23-19)27-21-18(30(31)32)20(24-13-25-21)26-14-8-10-16(11-9-14)29-28-15-5-2-1-3-6-15/h1-13H,(H2,24,25,26,27). The number of benzene rings is 2. The van der Waals surface area contributed by atoms with Crippen LogP contribution in [0.3, 0.4) is 0 Å². The molecule has 0 atom stereocenters. The number of nitrogens with zero attached hydrogens (tertiary/aromatic N) is 6. The lowest BCUT2D eigenvalue weighted by Crippen LogP contribution is -2.05. The number of azo groups is 1. The molecule has 0 aliphatic rings.